The van der Waals surface area contributed by atoms with E-state index in [0.29, 0.717) is 5.92 Å². The molecule has 2 unspecified atom stereocenters. The van der Waals surface area contributed by atoms with Crippen molar-refractivity contribution >= 4 is 0 Å². The Balaban J connectivity index is 0.000000921. The topological polar surface area (TPSA) is 34.9 Å². The van der Waals surface area contributed by atoms with E-state index in [0.717, 1.165) is 60.3 Å². The molecule has 0 saturated heterocycles. The smallest absolute Gasteiger partial charge is 0.257 e. The molecule has 0 radical (unpaired) electrons. The summed E-state index contributed by atoms with van der Waals surface area (Å²) in [6.45, 7) is 18.3. The summed E-state index contributed by atoms with van der Waals surface area (Å²) in [6.07, 6.45) is 4.75. The first-order chi connectivity index (χ1) is 20.0. The van der Waals surface area contributed by atoms with Crippen LogP contribution in [-0.4, -0.2) is 9.55 Å². The first-order valence-electron chi connectivity index (χ1n) is 15.8. The summed E-state index contributed by atoms with van der Waals surface area (Å²) < 4.78 is 1.93. The van der Waals surface area contributed by atoms with Crippen molar-refractivity contribution in [3.8, 4) is 0 Å². The number of nitrogens with zero attached hydrogens (tertiary/aromatic N) is 2. The molecule has 3 heteroatoms. The Morgan fingerprint density at radius 1 is 0.780 bits per heavy atom. The van der Waals surface area contributed by atoms with Gasteiger partial charge in [-0.1, -0.05) is 133 Å². The molecular weight excluding hydrogens is 500 g/mol. The normalized spacial score (nSPS) is 14.1. The summed E-state index contributed by atoms with van der Waals surface area (Å²) in [5.41, 5.74) is 8.14. The van der Waals surface area contributed by atoms with Gasteiger partial charge in [-0.2, -0.15) is 0 Å². The molecule has 2 atom stereocenters. The third-order valence-electron chi connectivity index (χ3n) is 7.48. The lowest BCUT2D eigenvalue weighted by atomic mass is 9.83. The Bertz CT molecular complexity index is 1350. The molecule has 1 aromatic heterocycles. The molecule has 1 aliphatic carbocycles. The Kier molecular flexibility index (Phi) is 14.3. The third-order valence-corrected chi connectivity index (χ3v) is 7.48. The molecule has 0 amide bonds. The van der Waals surface area contributed by atoms with Crippen LogP contribution >= 0.6 is 0 Å². The van der Waals surface area contributed by atoms with Crippen molar-refractivity contribution in [1.29, 1.82) is 0 Å². The lowest BCUT2D eigenvalue weighted by molar-refractivity contribution is 0.437. The fraction of sp³-hybridized carbons (Fsp3) is 0.421. The first-order valence-corrected chi connectivity index (χ1v) is 15.8. The number of aromatic nitrogens is 2. The highest BCUT2D eigenvalue weighted by Crippen LogP contribution is 2.30. The molecule has 0 saturated carbocycles. The summed E-state index contributed by atoms with van der Waals surface area (Å²) in [7, 11) is 0. The summed E-state index contributed by atoms with van der Waals surface area (Å²) in [5.74, 6) is 1.32. The second-order valence-electron chi connectivity index (χ2n) is 9.97. The van der Waals surface area contributed by atoms with E-state index in [1.54, 1.807) is 0 Å². The fourth-order valence-corrected chi connectivity index (χ4v) is 5.48. The van der Waals surface area contributed by atoms with Crippen molar-refractivity contribution in [2.24, 2.45) is 5.92 Å². The van der Waals surface area contributed by atoms with E-state index in [9.17, 15) is 4.79 Å². The highest BCUT2D eigenvalue weighted by molar-refractivity contribution is 5.37. The molecule has 0 fully saturated rings. The van der Waals surface area contributed by atoms with Crippen LogP contribution < -0.4 is 5.56 Å². The molecule has 3 nitrogen and oxygen atoms in total. The highest BCUT2D eigenvalue weighted by Gasteiger charge is 2.27. The molecule has 4 aromatic rings. The van der Waals surface area contributed by atoms with Crippen LogP contribution in [0.15, 0.2) is 83.7 Å². The van der Waals surface area contributed by atoms with Gasteiger partial charge < -0.3 is 0 Å². The minimum absolute atomic E-state index is 0.121. The molecule has 3 aromatic carbocycles. The molecule has 1 heterocycles. The second kappa shape index (κ2) is 17.4. The highest BCUT2D eigenvalue weighted by atomic mass is 16.1. The molecule has 0 aliphatic heterocycles. The van der Waals surface area contributed by atoms with Gasteiger partial charge in [0.2, 0.25) is 0 Å². The van der Waals surface area contributed by atoms with Crippen LogP contribution in [-0.2, 0) is 25.7 Å². The molecular formula is C38H52N2O. The number of hydrogen-bond acceptors (Lipinski definition) is 2. The molecule has 1 aliphatic rings. The van der Waals surface area contributed by atoms with Crippen LogP contribution in [0, 0.1) is 19.8 Å². The molecule has 0 spiro atoms. The molecule has 0 bridgehead atoms. The van der Waals surface area contributed by atoms with E-state index < -0.39 is 0 Å². The predicted octanol–water partition coefficient (Wildman–Crippen LogP) is 9.49. The largest absolute Gasteiger partial charge is 0.285 e. The maximum absolute atomic E-state index is 14.0. The van der Waals surface area contributed by atoms with Crippen molar-refractivity contribution in [2.45, 2.75) is 100 Å². The van der Waals surface area contributed by atoms with Crippen LogP contribution in [0.4, 0.5) is 0 Å². The zero-order chi connectivity index (χ0) is 30.4. The second-order valence-corrected chi connectivity index (χ2v) is 9.97. The lowest BCUT2D eigenvalue weighted by Crippen LogP contribution is -2.35. The first kappa shape index (κ1) is 33.7. The van der Waals surface area contributed by atoms with Gasteiger partial charge in [0.25, 0.3) is 5.56 Å². The van der Waals surface area contributed by atoms with E-state index in [1.165, 1.54) is 16.7 Å². The van der Waals surface area contributed by atoms with Gasteiger partial charge >= 0.3 is 0 Å². The summed E-state index contributed by atoms with van der Waals surface area (Å²) >= 11 is 0. The van der Waals surface area contributed by atoms with Gasteiger partial charge in [0.15, 0.2) is 0 Å². The number of aryl methyl sites for hydroxylation is 3. The van der Waals surface area contributed by atoms with Gasteiger partial charge in [-0.25, -0.2) is 4.98 Å². The van der Waals surface area contributed by atoms with Crippen LogP contribution in [0.1, 0.15) is 106 Å². The van der Waals surface area contributed by atoms with E-state index in [1.807, 2.05) is 53.0 Å². The maximum Gasteiger partial charge on any atom is 0.257 e. The van der Waals surface area contributed by atoms with Crippen LogP contribution in [0.25, 0.3) is 0 Å². The zero-order valence-electron chi connectivity index (χ0n) is 27.0. The van der Waals surface area contributed by atoms with E-state index in [4.69, 9.17) is 4.98 Å². The molecule has 41 heavy (non-hydrogen) atoms. The number of fused-ring (bicyclic) bond motifs is 1. The molecule has 0 N–H and O–H groups in total. The Morgan fingerprint density at radius 2 is 1.34 bits per heavy atom. The minimum Gasteiger partial charge on any atom is -0.285 e. The fourth-order valence-electron chi connectivity index (χ4n) is 5.48. The quantitative estimate of drug-likeness (QED) is 0.239. The summed E-state index contributed by atoms with van der Waals surface area (Å²) in [5, 5.41) is 0. The number of benzene rings is 3. The number of rotatable bonds is 6. The third kappa shape index (κ3) is 8.52. The van der Waals surface area contributed by atoms with E-state index >= 15 is 0 Å². The van der Waals surface area contributed by atoms with E-state index in [2.05, 4.69) is 92.7 Å². The van der Waals surface area contributed by atoms with Crippen molar-refractivity contribution < 1.29 is 0 Å². The van der Waals surface area contributed by atoms with Crippen molar-refractivity contribution in [3.05, 3.63) is 134 Å². The van der Waals surface area contributed by atoms with Crippen LogP contribution in [0.2, 0.25) is 0 Å². The SMILES string of the molecule is CC.CC.CC.CCc1ccc(C(c2ccc(C)cc2)n2c(C)nc3c(c2=O)CCC(Cc2ccccc2)C3)cc1. The molecule has 5 rings (SSSR count). The van der Waals surface area contributed by atoms with Gasteiger partial charge in [-0.15, -0.1) is 0 Å². The van der Waals surface area contributed by atoms with Gasteiger partial charge in [-0.3, -0.25) is 9.36 Å². The van der Waals surface area contributed by atoms with Crippen LogP contribution in [0.3, 0.4) is 0 Å². The Hall–Kier alpha value is -3.46. The number of hydrogen-bond donors (Lipinski definition) is 0. The predicted molar refractivity (Wildman–Crippen MR) is 177 cm³/mol. The van der Waals surface area contributed by atoms with Gasteiger partial charge in [0.1, 0.15) is 5.82 Å². The average Bonchev–Trinajstić information content (AvgIpc) is 3.03. The van der Waals surface area contributed by atoms with Crippen molar-refractivity contribution in [1.82, 2.24) is 9.55 Å². The van der Waals surface area contributed by atoms with Gasteiger partial charge in [0, 0.05) is 5.56 Å². The Labute approximate surface area is 249 Å². The average molecular weight is 553 g/mol. The van der Waals surface area contributed by atoms with Crippen molar-refractivity contribution in [2.75, 3.05) is 0 Å². The van der Waals surface area contributed by atoms with E-state index in [-0.39, 0.29) is 11.6 Å². The van der Waals surface area contributed by atoms with Crippen molar-refractivity contribution in [3.63, 3.8) is 0 Å². The van der Waals surface area contributed by atoms with Crippen LogP contribution in [0.5, 0.6) is 0 Å². The summed E-state index contributed by atoms with van der Waals surface area (Å²) in [4.78, 5) is 19.1. The monoisotopic (exact) mass is 552 g/mol. The van der Waals surface area contributed by atoms with Gasteiger partial charge in [-0.05, 0) is 74.1 Å². The lowest BCUT2D eigenvalue weighted by Gasteiger charge is -2.28. The Morgan fingerprint density at radius 3 is 1.90 bits per heavy atom. The minimum atomic E-state index is -0.186. The summed E-state index contributed by atoms with van der Waals surface area (Å²) in [6, 6.07) is 27.7. The molecule has 220 valence electrons. The zero-order valence-corrected chi connectivity index (χ0v) is 27.0. The van der Waals surface area contributed by atoms with Gasteiger partial charge in [0.05, 0.1) is 11.7 Å². The standard InChI is InChI=1S/C32H34N2O.3C2H6/c1-4-24-12-17-28(18-13-24)31(27-15-10-22(2)11-16-27)34-23(3)33-30-21-26(14-19-29(30)32(34)35)20-25-8-6-5-7-9-25;3*1-2/h5-13,15-18,26,31H,4,14,19-21H2,1-3H3;3*1-2H3. The maximum atomic E-state index is 14.0.